The van der Waals surface area contributed by atoms with E-state index >= 15 is 0 Å². The van der Waals surface area contributed by atoms with Crippen LogP contribution in [0.15, 0.2) is 43.0 Å². The molecule has 0 unspecified atom stereocenters. The van der Waals surface area contributed by atoms with Gasteiger partial charge in [-0.05, 0) is 5.56 Å². The predicted octanol–water partition coefficient (Wildman–Crippen LogP) is -0.197. The number of aliphatic hydroxyl groups excluding tert-OH is 1. The summed E-state index contributed by atoms with van der Waals surface area (Å²) in [5.41, 5.74) is 0.989. The third-order valence-electron chi connectivity index (χ3n) is 4.47. The van der Waals surface area contributed by atoms with Crippen LogP contribution in [0.1, 0.15) is 11.6 Å². The number of hydrogen-bond donors (Lipinski definition) is 3. The molecule has 132 valence electrons. The van der Waals surface area contributed by atoms with Crippen LogP contribution in [0.25, 0.3) is 0 Å². The summed E-state index contributed by atoms with van der Waals surface area (Å²) in [6, 6.07) is 8.03. The first-order valence-corrected chi connectivity index (χ1v) is 8.10. The standard InChI is InChI=1S/C16H19N5O4/c22-14-12(20-16(23)18-6-10-4-2-1-3-5-10)11-7-24-15(25-11)13(14)21-9-17-8-19-21/h1-5,8-9,11-15,22H,6-7H2,(H2,18,20,23)/t11-,12-,13-,14+,15-/m1/s1. The van der Waals surface area contributed by atoms with Crippen molar-refractivity contribution in [2.24, 2.45) is 0 Å². The Bertz CT molecular complexity index is 711. The topological polar surface area (TPSA) is 111 Å². The fourth-order valence-electron chi connectivity index (χ4n) is 3.21. The molecule has 2 aromatic rings. The molecular weight excluding hydrogens is 326 g/mol. The van der Waals surface area contributed by atoms with Gasteiger partial charge in [-0.25, -0.2) is 14.5 Å². The van der Waals surface area contributed by atoms with Crippen molar-refractivity contribution in [3.63, 3.8) is 0 Å². The lowest BCUT2D eigenvalue weighted by molar-refractivity contribution is -0.166. The van der Waals surface area contributed by atoms with E-state index in [-0.39, 0.29) is 6.03 Å². The SMILES string of the molecule is O=C(NCc1ccccc1)N[C@H]1[C@H](O)[C@@H](n2cncn2)[C@@H]2OC[C@H]1O2. The number of benzene rings is 1. The van der Waals surface area contributed by atoms with Gasteiger partial charge in [0, 0.05) is 6.54 Å². The molecule has 1 aromatic carbocycles. The van der Waals surface area contributed by atoms with Crippen molar-refractivity contribution in [2.45, 2.75) is 37.1 Å². The van der Waals surface area contributed by atoms with Gasteiger partial charge >= 0.3 is 6.03 Å². The molecule has 9 heteroatoms. The van der Waals surface area contributed by atoms with E-state index in [1.807, 2.05) is 30.3 Å². The number of hydrogen-bond acceptors (Lipinski definition) is 6. The molecule has 0 spiro atoms. The molecule has 3 N–H and O–H groups in total. The Hall–Kier alpha value is -2.49. The molecule has 0 saturated carbocycles. The van der Waals surface area contributed by atoms with E-state index in [2.05, 4.69) is 20.7 Å². The van der Waals surface area contributed by atoms with Crippen LogP contribution in [0.3, 0.4) is 0 Å². The summed E-state index contributed by atoms with van der Waals surface area (Å²) < 4.78 is 12.8. The van der Waals surface area contributed by atoms with Gasteiger partial charge < -0.3 is 25.2 Å². The zero-order valence-corrected chi connectivity index (χ0v) is 13.4. The number of fused-ring (bicyclic) bond motifs is 2. The van der Waals surface area contributed by atoms with Gasteiger partial charge in [0.1, 0.15) is 30.9 Å². The lowest BCUT2D eigenvalue weighted by atomic mass is 9.96. The van der Waals surface area contributed by atoms with E-state index in [0.717, 1.165) is 5.56 Å². The van der Waals surface area contributed by atoms with Crippen molar-refractivity contribution < 1.29 is 19.4 Å². The minimum Gasteiger partial charge on any atom is -0.388 e. The van der Waals surface area contributed by atoms with Crippen molar-refractivity contribution in [2.75, 3.05) is 6.61 Å². The van der Waals surface area contributed by atoms with Gasteiger partial charge in [-0.3, -0.25) is 0 Å². The first kappa shape index (κ1) is 16.0. The molecule has 2 amide bonds. The highest BCUT2D eigenvalue weighted by atomic mass is 16.7. The van der Waals surface area contributed by atoms with Crippen molar-refractivity contribution in [3.8, 4) is 0 Å². The molecule has 2 fully saturated rings. The third-order valence-corrected chi connectivity index (χ3v) is 4.47. The summed E-state index contributed by atoms with van der Waals surface area (Å²) in [4.78, 5) is 16.1. The minimum atomic E-state index is -0.907. The summed E-state index contributed by atoms with van der Waals surface area (Å²) in [5, 5.41) is 20.4. The molecule has 3 heterocycles. The molecule has 2 bridgehead atoms. The Morgan fingerprint density at radius 2 is 2.20 bits per heavy atom. The van der Waals surface area contributed by atoms with Crippen molar-refractivity contribution in [3.05, 3.63) is 48.5 Å². The van der Waals surface area contributed by atoms with Crippen LogP contribution in [0.2, 0.25) is 0 Å². The first-order valence-electron chi connectivity index (χ1n) is 8.10. The van der Waals surface area contributed by atoms with E-state index < -0.39 is 30.6 Å². The van der Waals surface area contributed by atoms with E-state index in [9.17, 15) is 9.90 Å². The highest BCUT2D eigenvalue weighted by Gasteiger charge is 2.51. The highest BCUT2D eigenvalue weighted by molar-refractivity contribution is 5.74. The maximum atomic E-state index is 12.2. The Kier molecular flexibility index (Phi) is 4.35. The molecule has 4 rings (SSSR count). The molecule has 5 atom stereocenters. The maximum Gasteiger partial charge on any atom is 0.315 e. The quantitative estimate of drug-likeness (QED) is 0.708. The first-order chi connectivity index (χ1) is 12.2. The Morgan fingerprint density at radius 3 is 2.96 bits per heavy atom. The number of aliphatic hydroxyl groups is 1. The average Bonchev–Trinajstić information content (AvgIpc) is 3.30. The van der Waals surface area contributed by atoms with Crippen LogP contribution < -0.4 is 10.6 Å². The zero-order chi connectivity index (χ0) is 17.2. The average molecular weight is 345 g/mol. The molecule has 25 heavy (non-hydrogen) atoms. The largest absolute Gasteiger partial charge is 0.388 e. The molecule has 0 aliphatic carbocycles. The van der Waals surface area contributed by atoms with E-state index in [1.54, 1.807) is 0 Å². The van der Waals surface area contributed by atoms with Crippen molar-refractivity contribution in [1.29, 1.82) is 0 Å². The number of carbonyl (C=O) groups excluding carboxylic acids is 1. The number of urea groups is 1. The van der Waals surface area contributed by atoms with Gasteiger partial charge in [-0.15, -0.1) is 0 Å². The summed E-state index contributed by atoms with van der Waals surface area (Å²) in [5.74, 6) is 0. The van der Waals surface area contributed by atoms with Crippen LogP contribution in [0.5, 0.6) is 0 Å². The second-order valence-electron chi connectivity index (χ2n) is 6.07. The zero-order valence-electron chi connectivity index (χ0n) is 13.4. The molecule has 2 aliphatic heterocycles. The predicted molar refractivity (Wildman–Crippen MR) is 85.3 cm³/mol. The van der Waals surface area contributed by atoms with Gasteiger partial charge in [0.25, 0.3) is 0 Å². The maximum absolute atomic E-state index is 12.2. The van der Waals surface area contributed by atoms with Crippen LogP contribution in [0.4, 0.5) is 4.79 Å². The van der Waals surface area contributed by atoms with Gasteiger partial charge in [0.2, 0.25) is 0 Å². The summed E-state index contributed by atoms with van der Waals surface area (Å²) >= 11 is 0. The fraction of sp³-hybridized carbons (Fsp3) is 0.438. The summed E-state index contributed by atoms with van der Waals surface area (Å²) in [7, 11) is 0. The number of aromatic nitrogens is 3. The lowest BCUT2D eigenvalue weighted by Gasteiger charge is -2.38. The number of ether oxygens (including phenoxy) is 2. The number of amides is 2. The van der Waals surface area contributed by atoms with Crippen molar-refractivity contribution in [1.82, 2.24) is 25.4 Å². The molecule has 0 radical (unpaired) electrons. The normalized spacial score (nSPS) is 30.8. The van der Waals surface area contributed by atoms with Crippen LogP contribution >= 0.6 is 0 Å². The van der Waals surface area contributed by atoms with Crippen molar-refractivity contribution >= 4 is 6.03 Å². The molecule has 2 saturated heterocycles. The Labute approximate surface area is 144 Å². The lowest BCUT2D eigenvalue weighted by Crippen LogP contribution is -2.60. The number of nitrogens with zero attached hydrogens (tertiary/aromatic N) is 3. The fourth-order valence-corrected chi connectivity index (χ4v) is 3.21. The summed E-state index contributed by atoms with van der Waals surface area (Å²) in [6.45, 7) is 0.698. The molecular formula is C16H19N5O4. The van der Waals surface area contributed by atoms with Gasteiger partial charge in [0.15, 0.2) is 6.29 Å². The molecule has 1 aromatic heterocycles. The van der Waals surface area contributed by atoms with E-state index in [0.29, 0.717) is 13.2 Å². The Morgan fingerprint density at radius 1 is 1.36 bits per heavy atom. The second-order valence-corrected chi connectivity index (χ2v) is 6.07. The smallest absolute Gasteiger partial charge is 0.315 e. The van der Waals surface area contributed by atoms with E-state index in [4.69, 9.17) is 9.47 Å². The van der Waals surface area contributed by atoms with E-state index in [1.165, 1.54) is 17.3 Å². The van der Waals surface area contributed by atoms with Gasteiger partial charge in [-0.2, -0.15) is 5.10 Å². The van der Waals surface area contributed by atoms with Gasteiger partial charge in [-0.1, -0.05) is 30.3 Å². The minimum absolute atomic E-state index is 0.302. The monoisotopic (exact) mass is 345 g/mol. The van der Waals surface area contributed by atoms with Crippen LogP contribution in [-0.4, -0.2) is 57.0 Å². The third kappa shape index (κ3) is 3.21. The second kappa shape index (κ2) is 6.79. The van der Waals surface area contributed by atoms with Crippen LogP contribution in [-0.2, 0) is 16.0 Å². The Balaban J connectivity index is 1.41. The highest BCUT2D eigenvalue weighted by Crippen LogP contribution is 2.35. The number of carbonyl (C=O) groups is 1. The number of nitrogens with one attached hydrogen (secondary N) is 2. The van der Waals surface area contributed by atoms with Crippen LogP contribution in [0, 0.1) is 0 Å². The molecule has 9 nitrogen and oxygen atoms in total. The van der Waals surface area contributed by atoms with Gasteiger partial charge in [0.05, 0.1) is 12.6 Å². The molecule has 2 aliphatic rings. The summed E-state index contributed by atoms with van der Waals surface area (Å²) in [6.07, 6.45) is 0.957. The number of rotatable bonds is 4.